The van der Waals surface area contributed by atoms with Gasteiger partial charge in [-0.2, -0.15) is 0 Å². The minimum Gasteiger partial charge on any atom is -0.348 e. The Morgan fingerprint density at radius 3 is 2.53 bits per heavy atom. The SMILES string of the molecule is Cc1ccsc1C1OC(c2ccccc2)C(C)N1C. The van der Waals surface area contributed by atoms with E-state index in [2.05, 4.69) is 61.5 Å². The lowest BCUT2D eigenvalue weighted by Gasteiger charge is -2.20. The molecule has 2 aromatic rings. The summed E-state index contributed by atoms with van der Waals surface area (Å²) in [5.41, 5.74) is 2.58. The fourth-order valence-corrected chi connectivity index (χ4v) is 3.67. The number of benzene rings is 1. The normalized spacial score (nSPS) is 27.8. The zero-order valence-corrected chi connectivity index (χ0v) is 12.4. The number of ether oxygens (including phenoxy) is 1. The Morgan fingerprint density at radius 1 is 1.16 bits per heavy atom. The fraction of sp³-hybridized carbons (Fsp3) is 0.375. The van der Waals surface area contributed by atoms with Crippen molar-refractivity contribution >= 4 is 11.3 Å². The van der Waals surface area contributed by atoms with Crippen LogP contribution in [0.2, 0.25) is 0 Å². The van der Waals surface area contributed by atoms with Crippen LogP contribution in [0.5, 0.6) is 0 Å². The van der Waals surface area contributed by atoms with E-state index < -0.39 is 0 Å². The minimum atomic E-state index is 0.0835. The predicted octanol–water partition coefficient (Wildman–Crippen LogP) is 4.15. The molecule has 0 N–H and O–H groups in total. The Bertz CT molecular complexity index is 551. The Hall–Kier alpha value is -1.16. The first-order valence-electron chi connectivity index (χ1n) is 6.65. The molecule has 1 aromatic heterocycles. The molecule has 2 nitrogen and oxygen atoms in total. The van der Waals surface area contributed by atoms with E-state index in [0.717, 1.165) is 0 Å². The molecule has 1 saturated heterocycles. The maximum atomic E-state index is 6.33. The first-order valence-corrected chi connectivity index (χ1v) is 7.53. The number of thiophene rings is 1. The van der Waals surface area contributed by atoms with Crippen molar-refractivity contribution in [3.05, 3.63) is 57.8 Å². The third kappa shape index (κ3) is 2.22. The lowest BCUT2D eigenvalue weighted by atomic mass is 10.0. The van der Waals surface area contributed by atoms with Crippen molar-refractivity contribution in [3.8, 4) is 0 Å². The minimum absolute atomic E-state index is 0.0835. The smallest absolute Gasteiger partial charge is 0.147 e. The highest BCUT2D eigenvalue weighted by atomic mass is 32.1. The van der Waals surface area contributed by atoms with Crippen molar-refractivity contribution < 1.29 is 4.74 Å². The van der Waals surface area contributed by atoms with Gasteiger partial charge in [-0.25, -0.2) is 0 Å². The summed E-state index contributed by atoms with van der Waals surface area (Å²) in [6.45, 7) is 4.39. The van der Waals surface area contributed by atoms with E-state index in [-0.39, 0.29) is 12.3 Å². The van der Waals surface area contributed by atoms with Crippen LogP contribution in [0.15, 0.2) is 41.8 Å². The number of hydrogen-bond acceptors (Lipinski definition) is 3. The topological polar surface area (TPSA) is 12.5 Å². The van der Waals surface area contributed by atoms with Gasteiger partial charge in [0.15, 0.2) is 0 Å². The highest BCUT2D eigenvalue weighted by Crippen LogP contribution is 2.43. The van der Waals surface area contributed by atoms with Gasteiger partial charge in [-0.3, -0.25) is 4.90 Å². The van der Waals surface area contributed by atoms with E-state index in [1.54, 1.807) is 11.3 Å². The molecule has 3 rings (SSSR count). The Labute approximate surface area is 118 Å². The summed E-state index contributed by atoms with van der Waals surface area (Å²) in [5.74, 6) is 0. The predicted molar refractivity (Wildman–Crippen MR) is 79.3 cm³/mol. The van der Waals surface area contributed by atoms with E-state index >= 15 is 0 Å². The van der Waals surface area contributed by atoms with Crippen molar-refractivity contribution in [1.29, 1.82) is 0 Å². The molecule has 0 saturated carbocycles. The number of hydrogen-bond donors (Lipinski definition) is 0. The molecule has 3 unspecified atom stereocenters. The summed E-state index contributed by atoms with van der Waals surface area (Å²) in [5, 5.41) is 2.14. The van der Waals surface area contributed by atoms with Crippen LogP contribution in [-0.4, -0.2) is 18.0 Å². The summed E-state index contributed by atoms with van der Waals surface area (Å²) < 4.78 is 6.33. The Morgan fingerprint density at radius 2 is 1.89 bits per heavy atom. The molecular weight excluding hydrogens is 254 g/mol. The second-order valence-corrected chi connectivity index (χ2v) is 6.14. The molecular formula is C16H19NOS. The van der Waals surface area contributed by atoms with Crippen molar-refractivity contribution in [2.24, 2.45) is 0 Å². The summed E-state index contributed by atoms with van der Waals surface area (Å²) in [6, 6.07) is 13.1. The van der Waals surface area contributed by atoms with Gasteiger partial charge in [-0.05, 0) is 43.5 Å². The molecule has 2 heterocycles. The maximum absolute atomic E-state index is 6.33. The van der Waals surface area contributed by atoms with Crippen LogP contribution in [-0.2, 0) is 4.74 Å². The van der Waals surface area contributed by atoms with E-state index in [0.29, 0.717) is 6.04 Å². The second-order valence-electron chi connectivity index (χ2n) is 5.19. The van der Waals surface area contributed by atoms with Gasteiger partial charge in [0.25, 0.3) is 0 Å². The van der Waals surface area contributed by atoms with Gasteiger partial charge in [0.2, 0.25) is 0 Å². The van der Waals surface area contributed by atoms with Crippen LogP contribution in [0.25, 0.3) is 0 Å². The maximum Gasteiger partial charge on any atom is 0.147 e. The molecule has 0 bridgehead atoms. The van der Waals surface area contributed by atoms with Crippen LogP contribution in [0, 0.1) is 6.92 Å². The molecule has 1 aliphatic rings. The van der Waals surface area contributed by atoms with Crippen molar-refractivity contribution in [3.63, 3.8) is 0 Å². The standard InChI is InChI=1S/C16H19NOS/c1-11-9-10-19-15(11)16-17(3)12(2)14(18-16)13-7-5-4-6-8-13/h4-10,12,14,16H,1-3H3. The molecule has 100 valence electrons. The molecule has 3 heteroatoms. The van der Waals surface area contributed by atoms with E-state index in [1.807, 2.05) is 6.07 Å². The first kappa shape index (κ1) is 12.9. The van der Waals surface area contributed by atoms with Gasteiger partial charge >= 0.3 is 0 Å². The van der Waals surface area contributed by atoms with Crippen molar-refractivity contribution in [2.45, 2.75) is 32.2 Å². The van der Waals surface area contributed by atoms with Crippen LogP contribution in [0.3, 0.4) is 0 Å². The van der Waals surface area contributed by atoms with Gasteiger partial charge in [0.1, 0.15) is 12.3 Å². The molecule has 0 radical (unpaired) electrons. The average molecular weight is 273 g/mol. The van der Waals surface area contributed by atoms with Crippen LogP contribution in [0.1, 0.15) is 35.3 Å². The summed E-state index contributed by atoms with van der Waals surface area (Å²) in [7, 11) is 2.15. The highest BCUT2D eigenvalue weighted by Gasteiger charge is 2.39. The molecule has 1 aromatic carbocycles. The molecule has 0 spiro atoms. The Balaban J connectivity index is 1.90. The molecule has 0 aliphatic carbocycles. The third-order valence-corrected chi connectivity index (χ3v) is 5.03. The fourth-order valence-electron chi connectivity index (χ4n) is 2.66. The van der Waals surface area contributed by atoms with Gasteiger partial charge in [-0.15, -0.1) is 11.3 Å². The highest BCUT2D eigenvalue weighted by molar-refractivity contribution is 7.10. The summed E-state index contributed by atoms with van der Waals surface area (Å²) in [6.07, 6.45) is 0.234. The van der Waals surface area contributed by atoms with E-state index in [9.17, 15) is 0 Å². The Kier molecular flexibility index (Phi) is 3.44. The second kappa shape index (κ2) is 5.08. The summed E-state index contributed by atoms with van der Waals surface area (Å²) >= 11 is 1.78. The average Bonchev–Trinajstić information content (AvgIpc) is 2.97. The van der Waals surface area contributed by atoms with Gasteiger partial charge in [0.05, 0.1) is 4.88 Å². The number of nitrogens with zero attached hydrogens (tertiary/aromatic N) is 1. The monoisotopic (exact) mass is 273 g/mol. The number of likely N-dealkylation sites (N-methyl/N-ethyl adjacent to an activating group) is 1. The van der Waals surface area contributed by atoms with Crippen molar-refractivity contribution in [2.75, 3.05) is 7.05 Å². The van der Waals surface area contributed by atoms with Gasteiger partial charge in [0, 0.05) is 6.04 Å². The van der Waals surface area contributed by atoms with Crippen LogP contribution < -0.4 is 0 Å². The van der Waals surface area contributed by atoms with E-state index in [1.165, 1.54) is 16.0 Å². The molecule has 1 fully saturated rings. The van der Waals surface area contributed by atoms with Gasteiger partial charge < -0.3 is 4.74 Å². The molecule has 3 atom stereocenters. The number of rotatable bonds is 2. The largest absolute Gasteiger partial charge is 0.348 e. The quantitative estimate of drug-likeness (QED) is 0.815. The lowest BCUT2D eigenvalue weighted by molar-refractivity contribution is 0.00772. The van der Waals surface area contributed by atoms with Gasteiger partial charge in [-0.1, -0.05) is 30.3 Å². The zero-order valence-electron chi connectivity index (χ0n) is 11.5. The van der Waals surface area contributed by atoms with Crippen LogP contribution in [0.4, 0.5) is 0 Å². The molecule has 1 aliphatic heterocycles. The number of aryl methyl sites for hydroxylation is 1. The van der Waals surface area contributed by atoms with Crippen molar-refractivity contribution in [1.82, 2.24) is 4.90 Å². The van der Waals surface area contributed by atoms with Crippen LogP contribution >= 0.6 is 11.3 Å². The first-order chi connectivity index (χ1) is 9.18. The van der Waals surface area contributed by atoms with E-state index in [4.69, 9.17) is 4.74 Å². The molecule has 19 heavy (non-hydrogen) atoms. The zero-order chi connectivity index (χ0) is 13.4. The summed E-state index contributed by atoms with van der Waals surface area (Å²) in [4.78, 5) is 3.66. The third-order valence-electron chi connectivity index (χ3n) is 3.98. The lowest BCUT2D eigenvalue weighted by Crippen LogP contribution is -2.27. The molecule has 0 amide bonds.